The molecule has 0 aliphatic heterocycles. The van der Waals surface area contributed by atoms with Crippen LogP contribution >= 0.6 is 0 Å². The van der Waals surface area contributed by atoms with Gasteiger partial charge in [0.15, 0.2) is 0 Å². The molecule has 0 radical (unpaired) electrons. The molecule has 0 nitrogen and oxygen atoms in total. The Morgan fingerprint density at radius 1 is 0.917 bits per heavy atom. The molecule has 0 N–H and O–H groups in total. The quantitative estimate of drug-likeness (QED) is 0.523. The van der Waals surface area contributed by atoms with Crippen molar-refractivity contribution in [2.75, 3.05) is 0 Å². The molecule has 0 spiro atoms. The van der Waals surface area contributed by atoms with Crippen molar-refractivity contribution in [1.82, 2.24) is 0 Å². The largest absolute Gasteiger partial charge is 0.0890 e. The van der Waals surface area contributed by atoms with Crippen LogP contribution in [0.5, 0.6) is 0 Å². The van der Waals surface area contributed by atoms with Gasteiger partial charge in [-0.25, -0.2) is 0 Å². The van der Waals surface area contributed by atoms with Crippen LogP contribution in [0, 0.1) is 0 Å². The Balaban J connectivity index is 0. The van der Waals surface area contributed by atoms with Gasteiger partial charge in [0.25, 0.3) is 0 Å². The van der Waals surface area contributed by atoms with Crippen molar-refractivity contribution in [3.63, 3.8) is 0 Å². The Morgan fingerprint density at radius 2 is 1.25 bits per heavy atom. The summed E-state index contributed by atoms with van der Waals surface area (Å²) in [7, 11) is 0. The van der Waals surface area contributed by atoms with E-state index in [0.717, 1.165) is 0 Å². The van der Waals surface area contributed by atoms with E-state index >= 15 is 0 Å². The van der Waals surface area contributed by atoms with Crippen LogP contribution in [0.3, 0.4) is 0 Å². The molecule has 72 valence electrons. The van der Waals surface area contributed by atoms with Crippen LogP contribution < -0.4 is 0 Å². The summed E-state index contributed by atoms with van der Waals surface area (Å²) in [5.74, 6) is 0. The van der Waals surface area contributed by atoms with Gasteiger partial charge in [0.1, 0.15) is 0 Å². The molecule has 0 aromatic heterocycles. The van der Waals surface area contributed by atoms with Crippen LogP contribution in [-0.2, 0) is 0 Å². The molecule has 0 aliphatic rings. The second kappa shape index (κ2) is 10.5. The van der Waals surface area contributed by atoms with Gasteiger partial charge in [0.05, 0.1) is 0 Å². The lowest BCUT2D eigenvalue weighted by Crippen LogP contribution is -1.72. The van der Waals surface area contributed by atoms with E-state index in [0.29, 0.717) is 0 Å². The number of hydrogen-bond acceptors (Lipinski definition) is 0. The molecule has 0 aromatic carbocycles. The third-order valence-corrected chi connectivity index (χ3v) is 1.89. The highest BCUT2D eigenvalue weighted by Crippen LogP contribution is 2.02. The summed E-state index contributed by atoms with van der Waals surface area (Å²) in [6.07, 6.45) is 6.71. The van der Waals surface area contributed by atoms with Crippen LogP contribution in [0.2, 0.25) is 0 Å². The molecule has 0 heteroatoms. The first-order chi connectivity index (χ1) is 5.62. The maximum absolute atomic E-state index is 2.19. The van der Waals surface area contributed by atoms with E-state index in [1.54, 1.807) is 5.57 Å². The lowest BCUT2D eigenvalue weighted by atomic mass is 10.1. The molecule has 0 aromatic rings. The predicted molar refractivity (Wildman–Crippen MR) is 59.4 cm³/mol. The molecule has 0 unspecified atom stereocenters. The molecule has 12 heavy (non-hydrogen) atoms. The van der Waals surface area contributed by atoms with Crippen LogP contribution in [0.4, 0.5) is 0 Å². The molecular formula is C12H24. The Morgan fingerprint density at radius 3 is 1.25 bits per heavy atom. The SMILES string of the molecule is CC=C(C)C.CC=C(CC)CC. The molecule has 0 heterocycles. The summed E-state index contributed by atoms with van der Waals surface area (Å²) in [5.41, 5.74) is 2.94. The topological polar surface area (TPSA) is 0 Å². The lowest BCUT2D eigenvalue weighted by Gasteiger charge is -1.93. The van der Waals surface area contributed by atoms with Gasteiger partial charge in [0, 0.05) is 0 Å². The van der Waals surface area contributed by atoms with Crippen molar-refractivity contribution < 1.29 is 0 Å². The average Bonchev–Trinajstić information content (AvgIpc) is 2.09. The highest BCUT2D eigenvalue weighted by molar-refractivity contribution is 4.97. The smallest absolute Gasteiger partial charge is 0.0349 e. The van der Waals surface area contributed by atoms with E-state index in [1.807, 2.05) is 6.92 Å². The van der Waals surface area contributed by atoms with Crippen LogP contribution in [0.25, 0.3) is 0 Å². The lowest BCUT2D eigenvalue weighted by molar-refractivity contribution is 0.972. The molecule has 0 saturated carbocycles. The van der Waals surface area contributed by atoms with Crippen LogP contribution in [0.1, 0.15) is 54.4 Å². The van der Waals surface area contributed by atoms with Crippen molar-refractivity contribution in [1.29, 1.82) is 0 Å². The highest BCUT2D eigenvalue weighted by Gasteiger charge is 1.82. The van der Waals surface area contributed by atoms with E-state index in [4.69, 9.17) is 0 Å². The van der Waals surface area contributed by atoms with Gasteiger partial charge in [-0.2, -0.15) is 0 Å². The van der Waals surface area contributed by atoms with Crippen LogP contribution in [0.15, 0.2) is 23.3 Å². The first kappa shape index (κ1) is 14.0. The first-order valence-electron chi connectivity index (χ1n) is 4.85. The predicted octanol–water partition coefficient (Wildman–Crippen LogP) is 4.73. The summed E-state index contributed by atoms with van der Waals surface area (Å²) >= 11 is 0. The first-order valence-corrected chi connectivity index (χ1v) is 4.85. The van der Waals surface area contributed by atoms with Gasteiger partial charge in [-0.1, -0.05) is 37.1 Å². The molecule has 0 fully saturated rings. The summed E-state index contributed by atoms with van der Waals surface area (Å²) in [5, 5.41) is 0. The zero-order chi connectivity index (χ0) is 9.98. The summed E-state index contributed by atoms with van der Waals surface area (Å²) < 4.78 is 0. The second-order valence-corrected chi connectivity index (χ2v) is 3.02. The van der Waals surface area contributed by atoms with Crippen molar-refractivity contribution in [2.24, 2.45) is 0 Å². The van der Waals surface area contributed by atoms with E-state index in [2.05, 4.69) is 46.8 Å². The summed E-state index contributed by atoms with van der Waals surface area (Å²) in [6.45, 7) is 12.7. The Hall–Kier alpha value is -0.520. The standard InChI is InChI=1S/C7H14.C5H10/c1-4-7(5-2)6-3;1-4-5(2)3/h4H,5-6H2,1-3H3;4H,1-3H3. The minimum Gasteiger partial charge on any atom is -0.0890 e. The molecule has 0 rings (SSSR count). The number of hydrogen-bond donors (Lipinski definition) is 0. The van der Waals surface area contributed by atoms with Crippen molar-refractivity contribution in [3.8, 4) is 0 Å². The summed E-state index contributed by atoms with van der Waals surface area (Å²) in [6, 6.07) is 0. The highest BCUT2D eigenvalue weighted by atomic mass is 13.9. The molecule has 0 atom stereocenters. The number of rotatable bonds is 2. The Bertz CT molecular complexity index is 128. The Kier molecular flexibility index (Phi) is 12.3. The maximum Gasteiger partial charge on any atom is -0.0349 e. The van der Waals surface area contributed by atoms with Gasteiger partial charge >= 0.3 is 0 Å². The second-order valence-electron chi connectivity index (χ2n) is 3.02. The fraction of sp³-hybridized carbons (Fsp3) is 0.667. The zero-order valence-corrected chi connectivity index (χ0v) is 9.57. The maximum atomic E-state index is 2.19. The monoisotopic (exact) mass is 168 g/mol. The molecule has 0 amide bonds. The van der Waals surface area contributed by atoms with Gasteiger partial charge < -0.3 is 0 Å². The van der Waals surface area contributed by atoms with E-state index < -0.39 is 0 Å². The van der Waals surface area contributed by atoms with Crippen molar-refractivity contribution >= 4 is 0 Å². The molecule has 0 aliphatic carbocycles. The minimum absolute atomic E-state index is 1.22. The molecular weight excluding hydrogens is 144 g/mol. The van der Waals surface area contributed by atoms with Gasteiger partial charge in [-0.15, -0.1) is 0 Å². The van der Waals surface area contributed by atoms with E-state index in [9.17, 15) is 0 Å². The normalized spacial score (nSPS) is 7.83. The molecule has 0 bridgehead atoms. The van der Waals surface area contributed by atoms with Gasteiger partial charge in [0.2, 0.25) is 0 Å². The van der Waals surface area contributed by atoms with E-state index in [-0.39, 0.29) is 0 Å². The van der Waals surface area contributed by atoms with Crippen molar-refractivity contribution in [2.45, 2.75) is 54.4 Å². The third kappa shape index (κ3) is 12.2. The fourth-order valence-corrected chi connectivity index (χ4v) is 0.658. The fourth-order valence-electron chi connectivity index (χ4n) is 0.658. The van der Waals surface area contributed by atoms with Crippen LogP contribution in [-0.4, -0.2) is 0 Å². The van der Waals surface area contributed by atoms with Crippen molar-refractivity contribution in [3.05, 3.63) is 23.3 Å². The Labute approximate surface area is 78.4 Å². The third-order valence-electron chi connectivity index (χ3n) is 1.89. The van der Waals surface area contributed by atoms with Gasteiger partial charge in [-0.3, -0.25) is 0 Å². The van der Waals surface area contributed by atoms with Gasteiger partial charge in [-0.05, 0) is 40.5 Å². The average molecular weight is 168 g/mol. The summed E-state index contributed by atoms with van der Waals surface area (Å²) in [4.78, 5) is 0. The molecule has 0 saturated heterocycles. The van der Waals surface area contributed by atoms with E-state index in [1.165, 1.54) is 18.4 Å². The zero-order valence-electron chi connectivity index (χ0n) is 9.57. The number of allylic oxidation sites excluding steroid dienone is 4. The minimum atomic E-state index is 1.22.